The van der Waals surface area contributed by atoms with Gasteiger partial charge in [-0.1, -0.05) is 0 Å². The third-order valence-corrected chi connectivity index (χ3v) is 4.09. The van der Waals surface area contributed by atoms with Crippen LogP contribution in [0.5, 0.6) is 0 Å². The van der Waals surface area contributed by atoms with E-state index in [9.17, 15) is 0 Å². The van der Waals surface area contributed by atoms with Crippen LogP contribution in [0.4, 0.5) is 0 Å². The average Bonchev–Trinajstić information content (AvgIpc) is 1.79. The molecule has 12 heavy (non-hydrogen) atoms. The average molecular weight is 175 g/mol. The van der Waals surface area contributed by atoms with Gasteiger partial charge in [0.15, 0.2) is 0 Å². The van der Waals surface area contributed by atoms with Crippen LogP contribution in [0.25, 0.3) is 0 Å². The molecule has 0 saturated heterocycles. The summed E-state index contributed by atoms with van der Waals surface area (Å²) in [6.07, 6.45) is 8.57. The molecule has 0 amide bonds. The van der Waals surface area contributed by atoms with Crippen LogP contribution in [0.1, 0.15) is 38.5 Å². The van der Waals surface area contributed by atoms with Gasteiger partial charge in [0, 0.05) is 5.54 Å². The fourth-order valence-corrected chi connectivity index (χ4v) is 4.18. The molecule has 4 aliphatic rings. The molecule has 4 rings (SSSR count). The molecule has 0 spiro atoms. The molecule has 4 bridgehead atoms. The van der Waals surface area contributed by atoms with Gasteiger partial charge in [0.25, 0.3) is 0 Å². The van der Waals surface area contributed by atoms with Gasteiger partial charge in [-0.3, -0.25) is 0 Å². The molecule has 4 saturated carbocycles. The van der Waals surface area contributed by atoms with Gasteiger partial charge in [-0.15, -0.1) is 0 Å². The van der Waals surface area contributed by atoms with Crippen LogP contribution in [-0.4, -0.2) is 35.1 Å². The van der Waals surface area contributed by atoms with Crippen LogP contribution in [0, 0.1) is 17.8 Å². The number of hydrogen-bond acceptors (Lipinski definition) is 1. The molecule has 0 atom stereocenters. The summed E-state index contributed by atoms with van der Waals surface area (Å²) in [5, 5.41) is 0. The van der Waals surface area contributed by atoms with Crippen molar-refractivity contribution >= 4 is 29.6 Å². The Kier molecular flexibility index (Phi) is 2.36. The zero-order valence-corrected chi connectivity index (χ0v) is 7.05. The first kappa shape index (κ1) is 9.51. The Balaban J connectivity index is 0.000000563. The van der Waals surface area contributed by atoms with E-state index in [-0.39, 0.29) is 29.6 Å². The fraction of sp³-hybridized carbons (Fsp3) is 1.00. The van der Waals surface area contributed by atoms with Crippen molar-refractivity contribution < 1.29 is 0 Å². The number of nitrogens with two attached hydrogens (primary N) is 1. The monoisotopic (exact) mass is 175 g/mol. The summed E-state index contributed by atoms with van der Waals surface area (Å²) in [4.78, 5) is 0. The Hall–Kier alpha value is 0.960. The zero-order valence-electron chi connectivity index (χ0n) is 7.05. The van der Waals surface area contributed by atoms with E-state index in [0.29, 0.717) is 5.54 Å². The van der Waals surface area contributed by atoms with Crippen molar-refractivity contribution in [2.45, 2.75) is 44.1 Å². The Morgan fingerprint density at radius 2 is 1.17 bits per heavy atom. The molecular formula is C10H18NNa. The molecular weight excluding hydrogens is 157 g/mol. The molecule has 0 aliphatic heterocycles. The normalized spacial score (nSPS) is 55.2. The zero-order chi connectivity index (χ0) is 7.47. The second-order valence-corrected chi connectivity index (χ2v) is 5.28. The van der Waals surface area contributed by atoms with Crippen molar-refractivity contribution in [1.82, 2.24) is 0 Å². The summed E-state index contributed by atoms with van der Waals surface area (Å²) in [7, 11) is 0. The predicted octanol–water partition coefficient (Wildman–Crippen LogP) is 1.27. The third-order valence-electron chi connectivity index (χ3n) is 4.09. The van der Waals surface area contributed by atoms with E-state index < -0.39 is 0 Å². The van der Waals surface area contributed by atoms with Crippen molar-refractivity contribution in [2.75, 3.05) is 0 Å². The second-order valence-electron chi connectivity index (χ2n) is 5.28. The van der Waals surface area contributed by atoms with Crippen LogP contribution < -0.4 is 5.73 Å². The summed E-state index contributed by atoms with van der Waals surface area (Å²) >= 11 is 0. The van der Waals surface area contributed by atoms with Crippen molar-refractivity contribution in [2.24, 2.45) is 23.5 Å². The maximum absolute atomic E-state index is 6.32. The van der Waals surface area contributed by atoms with Gasteiger partial charge >= 0.3 is 29.6 Å². The molecule has 2 heteroatoms. The molecule has 4 fully saturated rings. The summed E-state index contributed by atoms with van der Waals surface area (Å²) in [6, 6.07) is 0. The van der Waals surface area contributed by atoms with E-state index in [4.69, 9.17) is 5.73 Å². The number of hydrogen-bond donors (Lipinski definition) is 1. The summed E-state index contributed by atoms with van der Waals surface area (Å²) < 4.78 is 0. The topological polar surface area (TPSA) is 26.0 Å². The van der Waals surface area contributed by atoms with Crippen LogP contribution in [0.2, 0.25) is 0 Å². The van der Waals surface area contributed by atoms with Gasteiger partial charge in [-0.2, -0.15) is 0 Å². The molecule has 0 aromatic rings. The van der Waals surface area contributed by atoms with E-state index in [1.165, 1.54) is 38.5 Å². The van der Waals surface area contributed by atoms with E-state index in [1.807, 2.05) is 0 Å². The Morgan fingerprint density at radius 1 is 0.833 bits per heavy atom. The first-order valence-electron chi connectivity index (χ1n) is 5.02. The molecule has 0 radical (unpaired) electrons. The quantitative estimate of drug-likeness (QED) is 0.551. The molecule has 0 unspecified atom stereocenters. The Labute approximate surface area is 96.8 Å². The van der Waals surface area contributed by atoms with E-state index >= 15 is 0 Å². The van der Waals surface area contributed by atoms with Crippen molar-refractivity contribution in [3.8, 4) is 0 Å². The molecule has 0 aromatic heterocycles. The van der Waals surface area contributed by atoms with Crippen LogP contribution in [0.3, 0.4) is 0 Å². The van der Waals surface area contributed by atoms with Crippen molar-refractivity contribution in [3.05, 3.63) is 0 Å². The molecule has 1 nitrogen and oxygen atoms in total. The van der Waals surface area contributed by atoms with Crippen LogP contribution in [0.15, 0.2) is 0 Å². The summed E-state index contributed by atoms with van der Waals surface area (Å²) in [6.45, 7) is 0. The van der Waals surface area contributed by atoms with Crippen LogP contribution in [-0.2, 0) is 0 Å². The van der Waals surface area contributed by atoms with Gasteiger partial charge in [0.1, 0.15) is 0 Å². The molecule has 64 valence electrons. The van der Waals surface area contributed by atoms with E-state index in [0.717, 1.165) is 17.8 Å². The van der Waals surface area contributed by atoms with Gasteiger partial charge in [-0.25, -0.2) is 0 Å². The van der Waals surface area contributed by atoms with Gasteiger partial charge < -0.3 is 5.73 Å². The molecule has 0 heterocycles. The van der Waals surface area contributed by atoms with Crippen LogP contribution >= 0.6 is 0 Å². The van der Waals surface area contributed by atoms with Crippen molar-refractivity contribution in [1.29, 1.82) is 0 Å². The first-order valence-corrected chi connectivity index (χ1v) is 5.02. The minimum atomic E-state index is 0. The summed E-state index contributed by atoms with van der Waals surface area (Å²) in [5.41, 5.74) is 6.62. The SMILES string of the molecule is NC12CC3CC(CC(C3)C1)C2.[NaH]. The van der Waals surface area contributed by atoms with Gasteiger partial charge in [-0.05, 0) is 56.3 Å². The maximum atomic E-state index is 6.32. The van der Waals surface area contributed by atoms with Crippen molar-refractivity contribution in [3.63, 3.8) is 0 Å². The Bertz CT molecular complexity index is 155. The van der Waals surface area contributed by atoms with E-state index in [1.54, 1.807) is 0 Å². The van der Waals surface area contributed by atoms with E-state index in [2.05, 4.69) is 0 Å². The minimum absolute atomic E-state index is 0. The standard InChI is InChI=1S/C10H17N.Na.H/c11-10-4-7-1-8(5-10)3-9(2-7)6-10;;/h7-9H,1-6,11H2;;. The predicted molar refractivity (Wildman–Crippen MR) is 52.2 cm³/mol. The first-order chi connectivity index (χ1) is 5.23. The number of rotatable bonds is 0. The Morgan fingerprint density at radius 3 is 1.42 bits per heavy atom. The molecule has 4 aliphatic carbocycles. The fourth-order valence-electron chi connectivity index (χ4n) is 4.18. The molecule has 2 N–H and O–H groups in total. The van der Waals surface area contributed by atoms with Gasteiger partial charge in [0.05, 0.1) is 0 Å². The molecule has 0 aromatic carbocycles. The third kappa shape index (κ3) is 1.39. The second kappa shape index (κ2) is 2.98. The van der Waals surface area contributed by atoms with Gasteiger partial charge in [0.2, 0.25) is 0 Å². The summed E-state index contributed by atoms with van der Waals surface area (Å²) in [5.74, 6) is 3.06.